The van der Waals surface area contributed by atoms with Crippen molar-refractivity contribution in [3.05, 3.63) is 28.5 Å². The monoisotopic (exact) mass is 287 g/mol. The molecule has 0 spiro atoms. The van der Waals surface area contributed by atoms with E-state index in [1.807, 2.05) is 0 Å². The molecule has 2 atom stereocenters. The van der Waals surface area contributed by atoms with Crippen LogP contribution in [-0.4, -0.2) is 17.3 Å². The molecule has 0 amide bonds. The molecule has 1 aromatic rings. The Bertz CT molecular complexity index is 372. The molecular weight excluding hydrogens is 273 g/mol. The fourth-order valence-corrected chi connectivity index (χ4v) is 2.45. The molecule has 1 aliphatic rings. The van der Waals surface area contributed by atoms with Crippen LogP contribution in [0.15, 0.2) is 22.7 Å². The fourth-order valence-electron chi connectivity index (χ4n) is 2.09. The van der Waals surface area contributed by atoms with Crippen molar-refractivity contribution in [2.45, 2.75) is 37.8 Å². The molecule has 2 unspecified atom stereocenters. The number of aliphatic hydroxyl groups excluding tert-OH is 1. The van der Waals surface area contributed by atoms with E-state index in [9.17, 15) is 9.50 Å². The number of anilines is 1. The van der Waals surface area contributed by atoms with Crippen molar-refractivity contribution in [3.8, 4) is 0 Å². The summed E-state index contributed by atoms with van der Waals surface area (Å²) in [5.74, 6) is -0.277. The lowest BCUT2D eigenvalue weighted by Gasteiger charge is -2.29. The van der Waals surface area contributed by atoms with Gasteiger partial charge in [0.15, 0.2) is 0 Å². The minimum atomic E-state index is -0.368. The maximum atomic E-state index is 13.5. The van der Waals surface area contributed by atoms with Gasteiger partial charge in [-0.25, -0.2) is 4.39 Å². The SMILES string of the molecule is OC1CCCCC1Nc1cc(Br)ccc1F. The summed E-state index contributed by atoms with van der Waals surface area (Å²) in [6, 6.07) is 4.76. The van der Waals surface area contributed by atoms with Gasteiger partial charge in [0.2, 0.25) is 0 Å². The first kappa shape index (κ1) is 11.9. The smallest absolute Gasteiger partial charge is 0.146 e. The Kier molecular flexibility index (Phi) is 3.82. The average Bonchev–Trinajstić information content (AvgIpc) is 2.27. The molecule has 0 radical (unpaired) electrons. The first-order chi connectivity index (χ1) is 7.66. The van der Waals surface area contributed by atoms with E-state index in [4.69, 9.17) is 0 Å². The molecule has 2 rings (SSSR count). The standard InChI is InChI=1S/C12H15BrFNO/c13-8-5-6-9(14)11(7-8)15-10-3-1-2-4-12(10)16/h5-7,10,12,15-16H,1-4H2. The second kappa shape index (κ2) is 5.15. The van der Waals surface area contributed by atoms with Crippen LogP contribution >= 0.6 is 15.9 Å². The van der Waals surface area contributed by atoms with Crippen LogP contribution in [-0.2, 0) is 0 Å². The third kappa shape index (κ3) is 2.74. The first-order valence-electron chi connectivity index (χ1n) is 5.56. The van der Waals surface area contributed by atoms with E-state index in [1.165, 1.54) is 6.07 Å². The molecule has 1 saturated carbocycles. The lowest BCUT2D eigenvalue weighted by atomic mass is 9.92. The molecular formula is C12H15BrFNO. The number of halogens is 2. The molecule has 88 valence electrons. The van der Waals surface area contributed by atoms with E-state index in [1.54, 1.807) is 12.1 Å². The van der Waals surface area contributed by atoms with Crippen LogP contribution in [0.5, 0.6) is 0 Å². The summed E-state index contributed by atoms with van der Waals surface area (Å²) in [5, 5.41) is 12.9. The molecule has 4 heteroatoms. The molecule has 1 aliphatic carbocycles. The Balaban J connectivity index is 2.10. The van der Waals surface area contributed by atoms with Crippen LogP contribution in [0.25, 0.3) is 0 Å². The van der Waals surface area contributed by atoms with Crippen LogP contribution < -0.4 is 5.32 Å². The second-order valence-electron chi connectivity index (χ2n) is 4.23. The number of hydrogen-bond donors (Lipinski definition) is 2. The molecule has 16 heavy (non-hydrogen) atoms. The van der Waals surface area contributed by atoms with Gasteiger partial charge in [-0.3, -0.25) is 0 Å². The molecule has 0 bridgehead atoms. The Morgan fingerprint density at radius 3 is 2.81 bits per heavy atom. The number of nitrogens with one attached hydrogen (secondary N) is 1. The number of aliphatic hydroxyl groups is 1. The normalized spacial score (nSPS) is 25.4. The van der Waals surface area contributed by atoms with E-state index < -0.39 is 0 Å². The molecule has 2 nitrogen and oxygen atoms in total. The fraction of sp³-hybridized carbons (Fsp3) is 0.500. The quantitative estimate of drug-likeness (QED) is 0.875. The van der Waals surface area contributed by atoms with Crippen molar-refractivity contribution in [1.82, 2.24) is 0 Å². The Morgan fingerprint density at radius 2 is 2.06 bits per heavy atom. The van der Waals surface area contributed by atoms with Gasteiger partial charge in [0.1, 0.15) is 5.82 Å². The van der Waals surface area contributed by atoms with Crippen LogP contribution in [0.4, 0.5) is 10.1 Å². The van der Waals surface area contributed by atoms with Gasteiger partial charge in [-0.05, 0) is 31.0 Å². The molecule has 0 heterocycles. The summed E-state index contributed by atoms with van der Waals surface area (Å²) < 4.78 is 14.3. The number of hydrogen-bond acceptors (Lipinski definition) is 2. The lowest BCUT2D eigenvalue weighted by molar-refractivity contribution is 0.116. The highest BCUT2D eigenvalue weighted by Crippen LogP contribution is 2.25. The van der Waals surface area contributed by atoms with Gasteiger partial charge in [-0.2, -0.15) is 0 Å². The van der Waals surface area contributed by atoms with Gasteiger partial charge in [0.05, 0.1) is 17.8 Å². The third-order valence-electron chi connectivity index (χ3n) is 3.00. The van der Waals surface area contributed by atoms with E-state index in [2.05, 4.69) is 21.2 Å². The van der Waals surface area contributed by atoms with Crippen molar-refractivity contribution in [1.29, 1.82) is 0 Å². The zero-order valence-electron chi connectivity index (χ0n) is 8.92. The van der Waals surface area contributed by atoms with Crippen molar-refractivity contribution >= 4 is 21.6 Å². The molecule has 1 aromatic carbocycles. The van der Waals surface area contributed by atoms with Crippen LogP contribution in [0.3, 0.4) is 0 Å². The van der Waals surface area contributed by atoms with E-state index in [-0.39, 0.29) is 18.0 Å². The largest absolute Gasteiger partial charge is 0.391 e. The summed E-state index contributed by atoms with van der Waals surface area (Å²) in [4.78, 5) is 0. The summed E-state index contributed by atoms with van der Waals surface area (Å²) in [6.07, 6.45) is 3.47. The average molecular weight is 288 g/mol. The Hall–Kier alpha value is -0.610. The predicted octanol–water partition coefficient (Wildman–Crippen LogP) is 3.30. The Morgan fingerprint density at radius 1 is 1.31 bits per heavy atom. The Labute approximate surface area is 103 Å². The number of benzene rings is 1. The molecule has 2 N–H and O–H groups in total. The van der Waals surface area contributed by atoms with E-state index in [0.29, 0.717) is 5.69 Å². The van der Waals surface area contributed by atoms with Gasteiger partial charge in [-0.1, -0.05) is 28.8 Å². The molecule has 0 aromatic heterocycles. The zero-order valence-corrected chi connectivity index (χ0v) is 10.5. The molecule has 1 fully saturated rings. The summed E-state index contributed by atoms with van der Waals surface area (Å²) in [7, 11) is 0. The van der Waals surface area contributed by atoms with Crippen LogP contribution in [0.2, 0.25) is 0 Å². The number of rotatable bonds is 2. The molecule has 0 aliphatic heterocycles. The summed E-state index contributed by atoms with van der Waals surface area (Å²) >= 11 is 3.31. The lowest BCUT2D eigenvalue weighted by Crippen LogP contribution is -2.36. The van der Waals surface area contributed by atoms with E-state index in [0.717, 1.165) is 30.2 Å². The minimum Gasteiger partial charge on any atom is -0.391 e. The minimum absolute atomic E-state index is 0.0300. The predicted molar refractivity (Wildman–Crippen MR) is 66.0 cm³/mol. The van der Waals surface area contributed by atoms with Gasteiger partial charge < -0.3 is 10.4 Å². The third-order valence-corrected chi connectivity index (χ3v) is 3.49. The summed E-state index contributed by atoms with van der Waals surface area (Å²) in [5.41, 5.74) is 0.459. The summed E-state index contributed by atoms with van der Waals surface area (Å²) in [6.45, 7) is 0. The topological polar surface area (TPSA) is 32.3 Å². The zero-order chi connectivity index (χ0) is 11.5. The van der Waals surface area contributed by atoms with Crippen molar-refractivity contribution in [2.75, 3.05) is 5.32 Å². The second-order valence-corrected chi connectivity index (χ2v) is 5.14. The van der Waals surface area contributed by atoms with Gasteiger partial charge in [0, 0.05) is 4.47 Å². The van der Waals surface area contributed by atoms with Crippen LogP contribution in [0, 0.1) is 5.82 Å². The van der Waals surface area contributed by atoms with Crippen LogP contribution in [0.1, 0.15) is 25.7 Å². The van der Waals surface area contributed by atoms with Gasteiger partial charge in [0.25, 0.3) is 0 Å². The maximum Gasteiger partial charge on any atom is 0.146 e. The first-order valence-corrected chi connectivity index (χ1v) is 6.36. The van der Waals surface area contributed by atoms with Gasteiger partial charge >= 0.3 is 0 Å². The van der Waals surface area contributed by atoms with Crippen molar-refractivity contribution in [2.24, 2.45) is 0 Å². The highest BCUT2D eigenvalue weighted by atomic mass is 79.9. The highest BCUT2D eigenvalue weighted by molar-refractivity contribution is 9.10. The van der Waals surface area contributed by atoms with Gasteiger partial charge in [-0.15, -0.1) is 0 Å². The molecule has 0 saturated heterocycles. The van der Waals surface area contributed by atoms with Crippen molar-refractivity contribution in [3.63, 3.8) is 0 Å². The highest BCUT2D eigenvalue weighted by Gasteiger charge is 2.23. The van der Waals surface area contributed by atoms with E-state index >= 15 is 0 Å². The maximum absolute atomic E-state index is 13.5. The van der Waals surface area contributed by atoms with Crippen molar-refractivity contribution < 1.29 is 9.50 Å².